The summed E-state index contributed by atoms with van der Waals surface area (Å²) in [6.45, 7) is 0.758. The summed E-state index contributed by atoms with van der Waals surface area (Å²) in [4.78, 5) is 22.5. The number of rotatable bonds is 5. The molecule has 0 bridgehead atoms. The first-order valence-corrected chi connectivity index (χ1v) is 11.9. The quantitative estimate of drug-likeness (QED) is 0.582. The van der Waals surface area contributed by atoms with E-state index >= 15 is 0 Å². The first kappa shape index (κ1) is 22.0. The molecule has 0 atom stereocenters. The maximum atomic E-state index is 13.1. The predicted octanol–water partition coefficient (Wildman–Crippen LogP) is 2.47. The molecule has 166 valence electrons. The molecule has 11 heteroatoms. The van der Waals surface area contributed by atoms with Gasteiger partial charge in [-0.25, -0.2) is 23.1 Å². The number of nitrogens with one attached hydrogen (secondary N) is 1. The lowest BCUT2D eigenvalue weighted by Crippen LogP contribution is -2.32. The Hall–Kier alpha value is -3.21. The standard InChI is InChI=1S/C21H20ClN5O4S/c1-32(29,30)26-11-13-2-7-16(17(22)10-13)14-3-5-15(6-4-14)27-8-9-31-20-18(21(27)28)19(23)24-12-25-20/h2-7,10,12,26H,8-9,11H2,1H3,(H2,23,24,25). The molecule has 0 fully saturated rings. The highest BCUT2D eigenvalue weighted by Gasteiger charge is 2.28. The minimum Gasteiger partial charge on any atom is -0.475 e. The molecule has 3 N–H and O–H groups in total. The molecule has 0 saturated heterocycles. The number of sulfonamides is 1. The van der Waals surface area contributed by atoms with E-state index < -0.39 is 10.0 Å². The largest absolute Gasteiger partial charge is 0.475 e. The van der Waals surface area contributed by atoms with E-state index in [9.17, 15) is 13.2 Å². The summed E-state index contributed by atoms with van der Waals surface area (Å²) in [7, 11) is -3.29. The molecule has 1 aliphatic heterocycles. The third-order valence-electron chi connectivity index (χ3n) is 4.92. The molecule has 0 spiro atoms. The van der Waals surface area contributed by atoms with E-state index in [2.05, 4.69) is 14.7 Å². The van der Waals surface area contributed by atoms with Crippen LogP contribution >= 0.6 is 11.6 Å². The van der Waals surface area contributed by atoms with Crippen molar-refractivity contribution in [2.24, 2.45) is 0 Å². The van der Waals surface area contributed by atoms with Crippen LogP contribution in [0.25, 0.3) is 11.1 Å². The fourth-order valence-corrected chi connectivity index (χ4v) is 4.09. The van der Waals surface area contributed by atoms with Gasteiger partial charge in [0.2, 0.25) is 15.9 Å². The van der Waals surface area contributed by atoms with Crippen molar-refractivity contribution in [1.82, 2.24) is 14.7 Å². The van der Waals surface area contributed by atoms with Crippen LogP contribution in [-0.4, -0.2) is 43.7 Å². The van der Waals surface area contributed by atoms with Crippen molar-refractivity contribution < 1.29 is 17.9 Å². The van der Waals surface area contributed by atoms with Crippen LogP contribution in [0.15, 0.2) is 48.8 Å². The lowest BCUT2D eigenvalue weighted by atomic mass is 10.0. The van der Waals surface area contributed by atoms with E-state index in [1.165, 1.54) is 6.33 Å². The number of anilines is 2. The fourth-order valence-electron chi connectivity index (χ4n) is 3.35. The van der Waals surface area contributed by atoms with Crippen LogP contribution in [0.3, 0.4) is 0 Å². The second kappa shape index (κ2) is 8.73. The normalized spacial score (nSPS) is 13.9. The molecule has 0 saturated carbocycles. The first-order chi connectivity index (χ1) is 15.2. The van der Waals surface area contributed by atoms with Gasteiger partial charge in [-0.15, -0.1) is 0 Å². The van der Waals surface area contributed by atoms with Crippen molar-refractivity contribution in [3.63, 3.8) is 0 Å². The molecule has 0 radical (unpaired) electrons. The van der Waals surface area contributed by atoms with Gasteiger partial charge >= 0.3 is 0 Å². The molecule has 1 aromatic heterocycles. The number of nitrogens with two attached hydrogens (primary N) is 1. The molecule has 0 aliphatic carbocycles. The van der Waals surface area contributed by atoms with Gasteiger partial charge in [-0.2, -0.15) is 0 Å². The number of nitrogen functional groups attached to an aromatic ring is 1. The van der Waals surface area contributed by atoms with Crippen molar-refractivity contribution in [1.29, 1.82) is 0 Å². The van der Waals surface area contributed by atoms with Crippen molar-refractivity contribution in [3.8, 4) is 17.0 Å². The Labute approximate surface area is 190 Å². The number of carbonyl (C=O) groups excluding carboxylic acids is 1. The number of aromatic nitrogens is 2. The summed E-state index contributed by atoms with van der Waals surface area (Å²) in [5, 5.41) is 0.489. The van der Waals surface area contributed by atoms with Crippen LogP contribution in [-0.2, 0) is 16.6 Å². The highest BCUT2D eigenvalue weighted by molar-refractivity contribution is 7.88. The number of hydrogen-bond donors (Lipinski definition) is 2. The number of fused-ring (bicyclic) bond motifs is 1. The SMILES string of the molecule is CS(=O)(=O)NCc1ccc(-c2ccc(N3CCOc4ncnc(N)c4C3=O)cc2)c(Cl)c1. The van der Waals surface area contributed by atoms with Crippen LogP contribution in [0.1, 0.15) is 15.9 Å². The Morgan fingerprint density at radius 1 is 1.19 bits per heavy atom. The van der Waals surface area contributed by atoms with Crippen LogP contribution in [0.2, 0.25) is 5.02 Å². The highest BCUT2D eigenvalue weighted by atomic mass is 35.5. The maximum absolute atomic E-state index is 13.1. The van der Waals surface area contributed by atoms with E-state index in [0.29, 0.717) is 17.3 Å². The van der Waals surface area contributed by atoms with Gasteiger partial charge < -0.3 is 15.4 Å². The lowest BCUT2D eigenvalue weighted by Gasteiger charge is -2.20. The van der Waals surface area contributed by atoms with Crippen LogP contribution in [0.4, 0.5) is 11.5 Å². The zero-order valence-corrected chi connectivity index (χ0v) is 18.7. The Balaban J connectivity index is 1.57. The summed E-state index contributed by atoms with van der Waals surface area (Å²) < 4.78 is 30.6. The molecule has 4 rings (SSSR count). The number of hydrogen-bond acceptors (Lipinski definition) is 7. The predicted molar refractivity (Wildman–Crippen MR) is 122 cm³/mol. The van der Waals surface area contributed by atoms with E-state index in [1.54, 1.807) is 11.0 Å². The van der Waals surface area contributed by atoms with Crippen LogP contribution < -0.4 is 20.1 Å². The van der Waals surface area contributed by atoms with Gasteiger partial charge in [0.05, 0.1) is 12.8 Å². The molecule has 2 aromatic carbocycles. The number of benzene rings is 2. The Morgan fingerprint density at radius 2 is 1.94 bits per heavy atom. The minimum atomic E-state index is -3.29. The molecule has 1 amide bonds. The van der Waals surface area contributed by atoms with E-state index in [4.69, 9.17) is 22.1 Å². The molecule has 1 aliphatic rings. The Kier molecular flexibility index (Phi) is 6.00. The number of halogens is 1. The van der Waals surface area contributed by atoms with Gasteiger partial charge in [-0.05, 0) is 29.3 Å². The second-order valence-electron chi connectivity index (χ2n) is 7.20. The highest BCUT2D eigenvalue weighted by Crippen LogP contribution is 2.32. The Bertz CT molecular complexity index is 1280. The zero-order valence-electron chi connectivity index (χ0n) is 17.1. The van der Waals surface area contributed by atoms with Crippen LogP contribution in [0, 0.1) is 0 Å². The van der Waals surface area contributed by atoms with Crippen molar-refractivity contribution >= 4 is 39.0 Å². The van der Waals surface area contributed by atoms with Crippen molar-refractivity contribution in [2.75, 3.05) is 30.0 Å². The molecule has 2 heterocycles. The molecule has 0 unspecified atom stereocenters. The molecular formula is C21H20ClN5O4S. The average molecular weight is 474 g/mol. The monoisotopic (exact) mass is 473 g/mol. The lowest BCUT2D eigenvalue weighted by molar-refractivity contribution is 0.0990. The summed E-state index contributed by atoms with van der Waals surface area (Å²) in [6, 6.07) is 12.7. The van der Waals surface area contributed by atoms with E-state index in [1.807, 2.05) is 36.4 Å². The maximum Gasteiger partial charge on any atom is 0.267 e. The van der Waals surface area contributed by atoms with Gasteiger partial charge in [0.1, 0.15) is 24.3 Å². The second-order valence-corrected chi connectivity index (χ2v) is 9.44. The number of amides is 1. The van der Waals surface area contributed by atoms with Gasteiger partial charge in [0.15, 0.2) is 0 Å². The third-order valence-corrected chi connectivity index (χ3v) is 5.90. The van der Waals surface area contributed by atoms with E-state index in [0.717, 1.165) is 22.9 Å². The van der Waals surface area contributed by atoms with Gasteiger partial charge in [-0.3, -0.25) is 4.79 Å². The molecule has 32 heavy (non-hydrogen) atoms. The van der Waals surface area contributed by atoms with Gasteiger partial charge in [0.25, 0.3) is 5.91 Å². The van der Waals surface area contributed by atoms with Gasteiger partial charge in [-0.1, -0.05) is 35.9 Å². The third kappa shape index (κ3) is 4.67. The Morgan fingerprint density at radius 3 is 2.62 bits per heavy atom. The zero-order chi connectivity index (χ0) is 22.9. The average Bonchev–Trinajstić information content (AvgIpc) is 2.92. The van der Waals surface area contributed by atoms with Crippen LogP contribution in [0.5, 0.6) is 5.88 Å². The van der Waals surface area contributed by atoms with Gasteiger partial charge in [0, 0.05) is 22.8 Å². The summed E-state index contributed by atoms with van der Waals surface area (Å²) >= 11 is 6.43. The first-order valence-electron chi connectivity index (χ1n) is 9.61. The van der Waals surface area contributed by atoms with E-state index in [-0.39, 0.29) is 36.3 Å². The molecular weight excluding hydrogens is 454 g/mol. The number of nitrogens with zero attached hydrogens (tertiary/aromatic N) is 3. The summed E-state index contributed by atoms with van der Waals surface area (Å²) in [5.41, 5.74) is 9.08. The van der Waals surface area contributed by atoms with Crippen molar-refractivity contribution in [3.05, 3.63) is 64.9 Å². The minimum absolute atomic E-state index is 0.0701. The fraction of sp³-hybridized carbons (Fsp3) is 0.190. The van der Waals surface area contributed by atoms with Crippen molar-refractivity contribution in [2.45, 2.75) is 6.54 Å². The number of carbonyl (C=O) groups is 1. The summed E-state index contributed by atoms with van der Waals surface area (Å²) in [6.07, 6.45) is 2.36. The topological polar surface area (TPSA) is 128 Å². The number of ether oxygens (including phenoxy) is 1. The smallest absolute Gasteiger partial charge is 0.267 e. The summed E-state index contributed by atoms with van der Waals surface area (Å²) in [5.74, 6) is -0.0799. The molecule has 3 aromatic rings. The molecule has 9 nitrogen and oxygen atoms in total.